The number of rotatable bonds is 3. The zero-order valence-corrected chi connectivity index (χ0v) is 14.4. The number of hydrogen-bond acceptors (Lipinski definition) is 4. The van der Waals surface area contributed by atoms with E-state index in [4.69, 9.17) is 0 Å². The Morgan fingerprint density at radius 2 is 2.10 bits per heavy atom. The first-order valence-corrected chi connectivity index (χ1v) is 8.82. The Balaban J connectivity index is 1.91. The molecule has 3 aromatic rings. The lowest BCUT2D eigenvalue weighted by Gasteiger charge is -2.04. The van der Waals surface area contributed by atoms with Crippen LogP contribution in [0.5, 0.6) is 0 Å². The fraction of sp³-hybridized carbons (Fsp3) is 0.200. The smallest absolute Gasteiger partial charge is 0.128 e. The molecule has 2 heterocycles. The van der Waals surface area contributed by atoms with Crippen LogP contribution in [0.25, 0.3) is 10.2 Å². The van der Waals surface area contributed by atoms with Crippen LogP contribution < -0.4 is 0 Å². The van der Waals surface area contributed by atoms with Crippen LogP contribution in [0.3, 0.4) is 0 Å². The van der Waals surface area contributed by atoms with Crippen molar-refractivity contribution in [3.05, 3.63) is 51.1 Å². The number of thiophene rings is 1. The summed E-state index contributed by atoms with van der Waals surface area (Å²) in [4.78, 5) is 11.3. The fourth-order valence-electron chi connectivity index (χ4n) is 2.04. The van der Waals surface area contributed by atoms with Gasteiger partial charge in [0.25, 0.3) is 0 Å². The Morgan fingerprint density at radius 1 is 1.25 bits per heavy atom. The van der Waals surface area contributed by atoms with Crippen LogP contribution in [0.2, 0.25) is 0 Å². The summed E-state index contributed by atoms with van der Waals surface area (Å²) < 4.78 is 1.12. The van der Waals surface area contributed by atoms with Crippen molar-refractivity contribution in [1.82, 2.24) is 9.97 Å². The molecule has 5 heteroatoms. The molecule has 0 radical (unpaired) electrons. The third-order valence-electron chi connectivity index (χ3n) is 3.20. The average molecular weight is 365 g/mol. The second kappa shape index (κ2) is 5.84. The van der Waals surface area contributed by atoms with E-state index in [0.717, 1.165) is 20.1 Å². The molecule has 2 aromatic heterocycles. The average Bonchev–Trinajstić information content (AvgIpc) is 2.73. The number of hydrogen-bond donors (Lipinski definition) is 0. The van der Waals surface area contributed by atoms with E-state index in [1.54, 1.807) is 29.4 Å². The highest BCUT2D eigenvalue weighted by atomic mass is 79.9. The first-order valence-electron chi connectivity index (χ1n) is 6.23. The first kappa shape index (κ1) is 14.0. The van der Waals surface area contributed by atoms with E-state index < -0.39 is 0 Å². The van der Waals surface area contributed by atoms with E-state index in [0.29, 0.717) is 0 Å². The van der Waals surface area contributed by atoms with Crippen molar-refractivity contribution in [3.63, 3.8) is 0 Å². The molecule has 0 N–H and O–H groups in total. The quantitative estimate of drug-likeness (QED) is 0.461. The van der Waals surface area contributed by atoms with Gasteiger partial charge in [-0.15, -0.1) is 23.1 Å². The van der Waals surface area contributed by atoms with Gasteiger partial charge >= 0.3 is 0 Å². The van der Waals surface area contributed by atoms with Gasteiger partial charge in [-0.25, -0.2) is 9.97 Å². The molecular weight excluding hydrogens is 352 g/mol. The molecule has 0 fully saturated rings. The lowest BCUT2D eigenvalue weighted by molar-refractivity contribution is 1.10. The minimum atomic E-state index is 0.917. The zero-order chi connectivity index (χ0) is 14.1. The Bertz CT molecular complexity index is 768. The molecule has 0 aliphatic rings. The molecule has 102 valence electrons. The Hall–Kier alpha value is -0.910. The van der Waals surface area contributed by atoms with Crippen LogP contribution in [-0.2, 0) is 5.75 Å². The van der Waals surface area contributed by atoms with Crippen molar-refractivity contribution in [2.24, 2.45) is 0 Å². The number of halogens is 1. The van der Waals surface area contributed by atoms with Gasteiger partial charge in [-0.1, -0.05) is 28.1 Å². The van der Waals surface area contributed by atoms with Gasteiger partial charge < -0.3 is 0 Å². The van der Waals surface area contributed by atoms with Crippen LogP contribution in [-0.4, -0.2) is 9.97 Å². The largest absolute Gasteiger partial charge is 0.229 e. The maximum atomic E-state index is 4.47. The van der Waals surface area contributed by atoms with Crippen molar-refractivity contribution in [1.29, 1.82) is 0 Å². The number of fused-ring (bicyclic) bond motifs is 1. The number of thioether (sulfide) groups is 1. The molecule has 0 atom stereocenters. The van der Waals surface area contributed by atoms with Gasteiger partial charge in [0.2, 0.25) is 0 Å². The third kappa shape index (κ3) is 2.75. The Labute approximate surface area is 134 Å². The molecule has 1 aromatic carbocycles. The van der Waals surface area contributed by atoms with Crippen molar-refractivity contribution >= 4 is 49.2 Å². The summed E-state index contributed by atoms with van der Waals surface area (Å²) in [6.45, 7) is 4.30. The maximum Gasteiger partial charge on any atom is 0.128 e. The van der Waals surface area contributed by atoms with E-state index in [1.807, 2.05) is 6.07 Å². The summed E-state index contributed by atoms with van der Waals surface area (Å²) >= 11 is 7.03. The predicted molar refractivity (Wildman–Crippen MR) is 90.6 cm³/mol. The summed E-state index contributed by atoms with van der Waals surface area (Å²) in [5, 5.41) is 2.30. The highest BCUT2D eigenvalue weighted by molar-refractivity contribution is 9.10. The molecule has 0 saturated carbocycles. The van der Waals surface area contributed by atoms with Crippen LogP contribution in [0.4, 0.5) is 0 Å². The second-order valence-electron chi connectivity index (χ2n) is 4.56. The van der Waals surface area contributed by atoms with E-state index in [9.17, 15) is 0 Å². The van der Waals surface area contributed by atoms with Gasteiger partial charge in [0.15, 0.2) is 0 Å². The van der Waals surface area contributed by atoms with Crippen molar-refractivity contribution in [2.45, 2.75) is 24.6 Å². The van der Waals surface area contributed by atoms with Gasteiger partial charge in [-0.2, -0.15) is 0 Å². The van der Waals surface area contributed by atoms with E-state index in [2.05, 4.69) is 57.9 Å². The van der Waals surface area contributed by atoms with Crippen molar-refractivity contribution in [2.75, 3.05) is 0 Å². The summed E-state index contributed by atoms with van der Waals surface area (Å²) in [5.41, 5.74) is 2.60. The Morgan fingerprint density at radius 3 is 2.90 bits per heavy atom. The molecular formula is C15H13BrN2S2. The molecule has 2 nitrogen and oxygen atoms in total. The summed E-state index contributed by atoms with van der Waals surface area (Å²) in [6.07, 6.45) is 1.67. The monoisotopic (exact) mass is 364 g/mol. The fourth-order valence-corrected chi connectivity index (χ4v) is 4.54. The summed E-state index contributed by atoms with van der Waals surface area (Å²) in [7, 11) is 0. The molecule has 0 unspecified atom stereocenters. The van der Waals surface area contributed by atoms with Gasteiger partial charge in [0, 0.05) is 20.5 Å². The molecule has 0 amide bonds. The van der Waals surface area contributed by atoms with Gasteiger partial charge in [-0.3, -0.25) is 0 Å². The van der Waals surface area contributed by atoms with E-state index in [-0.39, 0.29) is 0 Å². The zero-order valence-electron chi connectivity index (χ0n) is 11.2. The molecule has 0 spiro atoms. The van der Waals surface area contributed by atoms with Gasteiger partial charge in [-0.05, 0) is 37.1 Å². The molecule has 0 aliphatic heterocycles. The van der Waals surface area contributed by atoms with Crippen molar-refractivity contribution < 1.29 is 0 Å². The number of aromatic nitrogens is 2. The predicted octanol–water partition coefficient (Wildman–Crippen LogP) is 5.36. The van der Waals surface area contributed by atoms with Gasteiger partial charge in [0.1, 0.15) is 16.2 Å². The standard InChI is InChI=1S/C15H13BrN2S2/c1-9-10(2)20-15-13(9)14(17-8-18-15)19-7-11-4-3-5-12(16)6-11/h3-6,8H,7H2,1-2H3. The van der Waals surface area contributed by atoms with Crippen LogP contribution in [0.1, 0.15) is 16.0 Å². The van der Waals surface area contributed by atoms with E-state index >= 15 is 0 Å². The molecule has 3 rings (SSSR count). The molecule has 0 saturated heterocycles. The number of nitrogens with zero attached hydrogens (tertiary/aromatic N) is 2. The SMILES string of the molecule is Cc1sc2ncnc(SCc3cccc(Br)c3)c2c1C. The molecule has 20 heavy (non-hydrogen) atoms. The summed E-state index contributed by atoms with van der Waals surface area (Å²) in [6, 6.07) is 8.40. The van der Waals surface area contributed by atoms with Gasteiger partial charge in [0.05, 0.1) is 0 Å². The normalized spacial score (nSPS) is 11.2. The minimum absolute atomic E-state index is 0.917. The summed E-state index contributed by atoms with van der Waals surface area (Å²) in [5.74, 6) is 0.917. The molecule has 0 bridgehead atoms. The second-order valence-corrected chi connectivity index (χ2v) is 7.64. The highest BCUT2D eigenvalue weighted by Crippen LogP contribution is 2.35. The number of benzene rings is 1. The number of aryl methyl sites for hydroxylation is 2. The van der Waals surface area contributed by atoms with Crippen LogP contribution in [0.15, 0.2) is 40.1 Å². The van der Waals surface area contributed by atoms with Crippen LogP contribution >= 0.6 is 39.0 Å². The first-order chi connectivity index (χ1) is 9.65. The lowest BCUT2D eigenvalue weighted by Crippen LogP contribution is -1.87. The molecule has 0 aliphatic carbocycles. The Kier molecular flexibility index (Phi) is 4.10. The highest BCUT2D eigenvalue weighted by Gasteiger charge is 2.12. The van der Waals surface area contributed by atoms with E-state index in [1.165, 1.54) is 21.4 Å². The maximum absolute atomic E-state index is 4.47. The van der Waals surface area contributed by atoms with Crippen LogP contribution in [0, 0.1) is 13.8 Å². The topological polar surface area (TPSA) is 25.8 Å². The lowest BCUT2D eigenvalue weighted by atomic mass is 10.2. The minimum Gasteiger partial charge on any atom is -0.229 e. The van der Waals surface area contributed by atoms with Crippen molar-refractivity contribution in [3.8, 4) is 0 Å². The third-order valence-corrected chi connectivity index (χ3v) is 5.86.